The number of esters is 1. The molecule has 2 aliphatic heterocycles. The van der Waals surface area contributed by atoms with Crippen molar-refractivity contribution in [3.63, 3.8) is 0 Å². The molecule has 0 aromatic heterocycles. The molecule has 1 unspecified atom stereocenters. The van der Waals surface area contributed by atoms with Crippen LogP contribution in [-0.4, -0.2) is 36.0 Å². The Hall–Kier alpha value is -0.610. The van der Waals surface area contributed by atoms with E-state index in [1.807, 2.05) is 6.92 Å². The van der Waals surface area contributed by atoms with E-state index >= 15 is 0 Å². The lowest BCUT2D eigenvalue weighted by atomic mass is 9.81. The molecule has 4 nitrogen and oxygen atoms in total. The summed E-state index contributed by atoms with van der Waals surface area (Å²) in [7, 11) is 0. The van der Waals surface area contributed by atoms with Crippen LogP contribution in [0.1, 0.15) is 59.3 Å². The van der Waals surface area contributed by atoms with Crippen LogP contribution in [0.3, 0.4) is 0 Å². The van der Waals surface area contributed by atoms with Crippen LogP contribution in [0.15, 0.2) is 0 Å². The average Bonchev–Trinajstić information content (AvgIpc) is 2.84. The molecule has 1 N–H and O–H groups in total. The van der Waals surface area contributed by atoms with Gasteiger partial charge in [-0.3, -0.25) is 4.79 Å². The van der Waals surface area contributed by atoms with Crippen molar-refractivity contribution in [1.82, 2.24) is 0 Å². The van der Waals surface area contributed by atoms with Crippen molar-refractivity contribution in [3.8, 4) is 0 Å². The first-order chi connectivity index (χ1) is 9.42. The molecule has 0 saturated carbocycles. The second-order valence-corrected chi connectivity index (χ2v) is 7.08. The fraction of sp³-hybridized carbons (Fsp3) is 0.938. The highest BCUT2D eigenvalue weighted by atomic mass is 16.6. The summed E-state index contributed by atoms with van der Waals surface area (Å²) in [4.78, 5) is 11.4. The third-order valence-corrected chi connectivity index (χ3v) is 4.72. The first-order valence-corrected chi connectivity index (χ1v) is 7.89. The summed E-state index contributed by atoms with van der Waals surface area (Å²) < 4.78 is 11.5. The molecule has 0 aromatic carbocycles. The maximum atomic E-state index is 11.4. The summed E-state index contributed by atoms with van der Waals surface area (Å²) in [6.07, 6.45) is 6.08. The van der Waals surface area contributed by atoms with Crippen LogP contribution >= 0.6 is 0 Å². The minimum atomic E-state index is -0.0533. The van der Waals surface area contributed by atoms with Gasteiger partial charge in [0.15, 0.2) is 0 Å². The summed E-state index contributed by atoms with van der Waals surface area (Å²) in [6.45, 7) is 6.67. The summed E-state index contributed by atoms with van der Waals surface area (Å²) in [6, 6.07) is 0. The normalized spacial score (nSPS) is 36.3. The van der Waals surface area contributed by atoms with Gasteiger partial charge in [0.05, 0.1) is 18.1 Å². The molecule has 0 amide bonds. The largest absolute Gasteiger partial charge is 0.462 e. The Balaban J connectivity index is 1.79. The maximum Gasteiger partial charge on any atom is 0.309 e. The standard InChI is InChI=1S/C16H28O4/c1-11-9-12(20-15(11)18)6-7-14-16(2,3)10-13(19-14)5-4-8-17/h11-14,17H,4-10H2,1-3H3/t11-,12-,13?,14+/m1/s1. The smallest absolute Gasteiger partial charge is 0.309 e. The Bertz CT molecular complexity index is 339. The van der Waals surface area contributed by atoms with Crippen molar-refractivity contribution in [1.29, 1.82) is 0 Å². The molecule has 4 atom stereocenters. The van der Waals surface area contributed by atoms with Gasteiger partial charge in [0, 0.05) is 6.61 Å². The van der Waals surface area contributed by atoms with Crippen molar-refractivity contribution in [2.24, 2.45) is 11.3 Å². The molecule has 2 saturated heterocycles. The van der Waals surface area contributed by atoms with E-state index in [1.54, 1.807) is 0 Å². The van der Waals surface area contributed by atoms with E-state index in [1.165, 1.54) is 0 Å². The van der Waals surface area contributed by atoms with Crippen molar-refractivity contribution >= 4 is 5.97 Å². The van der Waals surface area contributed by atoms with Crippen LogP contribution in [0.2, 0.25) is 0 Å². The summed E-state index contributed by atoms with van der Waals surface area (Å²) in [5.74, 6) is -0.00256. The van der Waals surface area contributed by atoms with Crippen LogP contribution < -0.4 is 0 Å². The zero-order valence-corrected chi connectivity index (χ0v) is 12.9. The quantitative estimate of drug-likeness (QED) is 0.762. The molecule has 0 spiro atoms. The van der Waals surface area contributed by atoms with Gasteiger partial charge in [0.25, 0.3) is 0 Å². The summed E-state index contributed by atoms with van der Waals surface area (Å²) in [5, 5.41) is 8.92. The van der Waals surface area contributed by atoms with Gasteiger partial charge in [-0.15, -0.1) is 0 Å². The number of cyclic esters (lactones) is 1. The van der Waals surface area contributed by atoms with Gasteiger partial charge >= 0.3 is 5.97 Å². The van der Waals surface area contributed by atoms with Gasteiger partial charge in [-0.25, -0.2) is 0 Å². The van der Waals surface area contributed by atoms with Crippen molar-refractivity contribution < 1.29 is 19.4 Å². The first kappa shape index (κ1) is 15.8. The lowest BCUT2D eigenvalue weighted by molar-refractivity contribution is -0.144. The second kappa shape index (κ2) is 6.44. The van der Waals surface area contributed by atoms with Gasteiger partial charge in [-0.1, -0.05) is 20.8 Å². The van der Waals surface area contributed by atoms with Crippen LogP contribution in [0, 0.1) is 11.3 Å². The molecule has 0 aromatic rings. The SMILES string of the molecule is C[C@@H]1C[C@@H](CC[C@@H]2OC(CCCO)CC2(C)C)OC1=O. The molecule has 2 aliphatic rings. The molecule has 2 rings (SSSR count). The molecule has 2 fully saturated rings. The van der Waals surface area contributed by atoms with Crippen LogP contribution in [0.4, 0.5) is 0 Å². The Morgan fingerprint density at radius 2 is 2.00 bits per heavy atom. The number of ether oxygens (including phenoxy) is 2. The minimum Gasteiger partial charge on any atom is -0.462 e. The Morgan fingerprint density at radius 1 is 1.25 bits per heavy atom. The molecule has 0 radical (unpaired) electrons. The molecular weight excluding hydrogens is 256 g/mol. The van der Waals surface area contributed by atoms with Crippen LogP contribution in [0.5, 0.6) is 0 Å². The molecule has 20 heavy (non-hydrogen) atoms. The van der Waals surface area contributed by atoms with E-state index in [0.717, 1.165) is 38.5 Å². The average molecular weight is 284 g/mol. The van der Waals surface area contributed by atoms with Crippen molar-refractivity contribution in [2.45, 2.75) is 77.6 Å². The summed E-state index contributed by atoms with van der Waals surface area (Å²) >= 11 is 0. The second-order valence-electron chi connectivity index (χ2n) is 7.08. The third-order valence-electron chi connectivity index (χ3n) is 4.72. The van der Waals surface area contributed by atoms with Crippen molar-refractivity contribution in [3.05, 3.63) is 0 Å². The molecular formula is C16H28O4. The summed E-state index contributed by atoms with van der Waals surface area (Å²) in [5.41, 5.74) is 0.175. The maximum absolute atomic E-state index is 11.4. The Labute approximate surface area is 121 Å². The zero-order chi connectivity index (χ0) is 14.8. The van der Waals surface area contributed by atoms with E-state index in [-0.39, 0.29) is 42.2 Å². The number of rotatable bonds is 6. The van der Waals surface area contributed by atoms with Gasteiger partial charge in [-0.2, -0.15) is 0 Å². The monoisotopic (exact) mass is 284 g/mol. The number of aliphatic hydroxyl groups is 1. The number of aliphatic hydroxyl groups excluding tert-OH is 1. The first-order valence-electron chi connectivity index (χ1n) is 7.89. The third kappa shape index (κ3) is 3.73. The van der Waals surface area contributed by atoms with Crippen LogP contribution in [-0.2, 0) is 14.3 Å². The highest BCUT2D eigenvalue weighted by Crippen LogP contribution is 2.42. The molecule has 116 valence electrons. The highest BCUT2D eigenvalue weighted by molar-refractivity contribution is 5.74. The number of hydrogen-bond donors (Lipinski definition) is 1. The van der Waals surface area contributed by atoms with Gasteiger partial charge in [0.1, 0.15) is 6.10 Å². The Kier molecular flexibility index (Phi) is 5.08. The van der Waals surface area contributed by atoms with E-state index in [4.69, 9.17) is 14.6 Å². The van der Waals surface area contributed by atoms with E-state index in [2.05, 4.69) is 13.8 Å². The van der Waals surface area contributed by atoms with E-state index in [0.29, 0.717) is 0 Å². The fourth-order valence-corrected chi connectivity index (χ4v) is 3.46. The van der Waals surface area contributed by atoms with Gasteiger partial charge < -0.3 is 14.6 Å². The molecule has 4 heteroatoms. The lowest BCUT2D eigenvalue weighted by Gasteiger charge is -2.25. The number of carbonyl (C=O) groups excluding carboxylic acids is 1. The minimum absolute atomic E-state index is 0.0507. The zero-order valence-electron chi connectivity index (χ0n) is 12.9. The lowest BCUT2D eigenvalue weighted by Crippen LogP contribution is -2.25. The molecule has 0 bridgehead atoms. The van der Waals surface area contributed by atoms with Crippen LogP contribution in [0.25, 0.3) is 0 Å². The Morgan fingerprint density at radius 3 is 2.60 bits per heavy atom. The van der Waals surface area contributed by atoms with E-state index in [9.17, 15) is 4.79 Å². The topological polar surface area (TPSA) is 55.8 Å². The number of carbonyl (C=O) groups is 1. The predicted octanol–water partition coefficient (Wildman–Crippen LogP) is 2.67. The molecule has 0 aliphatic carbocycles. The predicted molar refractivity (Wildman–Crippen MR) is 76.3 cm³/mol. The van der Waals surface area contributed by atoms with Gasteiger partial charge in [0.2, 0.25) is 0 Å². The molecule has 2 heterocycles. The number of hydrogen-bond acceptors (Lipinski definition) is 4. The fourth-order valence-electron chi connectivity index (χ4n) is 3.46. The van der Waals surface area contributed by atoms with E-state index < -0.39 is 0 Å². The van der Waals surface area contributed by atoms with Crippen molar-refractivity contribution in [2.75, 3.05) is 6.61 Å². The highest BCUT2D eigenvalue weighted by Gasteiger charge is 2.41. The van der Waals surface area contributed by atoms with Gasteiger partial charge in [-0.05, 0) is 43.9 Å².